The molecule has 0 aromatic heterocycles. The van der Waals surface area contributed by atoms with E-state index in [1.807, 2.05) is 54.0 Å². The van der Waals surface area contributed by atoms with Crippen LogP contribution in [0.1, 0.15) is 19.4 Å². The van der Waals surface area contributed by atoms with Crippen LogP contribution in [-0.4, -0.2) is 59.4 Å². The lowest BCUT2D eigenvalue weighted by Gasteiger charge is -2.37. The van der Waals surface area contributed by atoms with Crippen molar-refractivity contribution in [2.75, 3.05) is 26.2 Å². The van der Waals surface area contributed by atoms with E-state index >= 15 is 0 Å². The molecule has 1 fully saturated rings. The second-order valence-corrected chi connectivity index (χ2v) is 5.62. The van der Waals surface area contributed by atoms with Crippen LogP contribution in [-0.2, 0) is 11.3 Å². The molecule has 5 nitrogen and oxygen atoms in total. The molecule has 0 bridgehead atoms. The van der Waals surface area contributed by atoms with Crippen LogP contribution in [0.4, 0.5) is 4.79 Å². The van der Waals surface area contributed by atoms with Crippen LogP contribution in [0.3, 0.4) is 0 Å². The van der Waals surface area contributed by atoms with E-state index in [-0.39, 0.29) is 12.1 Å². The molecule has 1 aliphatic rings. The van der Waals surface area contributed by atoms with E-state index in [2.05, 4.69) is 0 Å². The van der Waals surface area contributed by atoms with Crippen molar-refractivity contribution in [1.82, 2.24) is 14.7 Å². The summed E-state index contributed by atoms with van der Waals surface area (Å²) in [5.41, 5.74) is 1.13. The molecule has 0 atom stereocenters. The first-order valence-corrected chi connectivity index (χ1v) is 7.40. The van der Waals surface area contributed by atoms with Crippen molar-refractivity contribution in [3.05, 3.63) is 35.9 Å². The fraction of sp³-hybridized carbons (Fsp3) is 0.500. The van der Waals surface area contributed by atoms with E-state index in [1.54, 1.807) is 4.90 Å². The van der Waals surface area contributed by atoms with Crippen LogP contribution >= 0.6 is 0 Å². The molecular weight excluding hydrogens is 266 g/mol. The third-order valence-electron chi connectivity index (χ3n) is 3.80. The van der Waals surface area contributed by atoms with Gasteiger partial charge in [-0.15, -0.1) is 0 Å². The first-order chi connectivity index (χ1) is 10.1. The van der Waals surface area contributed by atoms with Crippen LogP contribution in [0, 0.1) is 0 Å². The minimum absolute atomic E-state index is 0.0550. The van der Waals surface area contributed by atoms with Crippen LogP contribution in [0.25, 0.3) is 0 Å². The van der Waals surface area contributed by atoms with Gasteiger partial charge in [0.2, 0.25) is 6.41 Å². The van der Waals surface area contributed by atoms with Crippen molar-refractivity contribution in [2.45, 2.75) is 26.4 Å². The average Bonchev–Trinajstić information content (AvgIpc) is 2.53. The van der Waals surface area contributed by atoms with Gasteiger partial charge >= 0.3 is 6.03 Å². The summed E-state index contributed by atoms with van der Waals surface area (Å²) in [4.78, 5) is 28.8. The summed E-state index contributed by atoms with van der Waals surface area (Å²) in [5, 5.41) is 0. The number of carbonyl (C=O) groups excluding carboxylic acids is 2. The molecule has 1 aliphatic heterocycles. The Balaban J connectivity index is 2.01. The number of amides is 3. The summed E-state index contributed by atoms with van der Waals surface area (Å²) in [5.74, 6) is 0. The lowest BCUT2D eigenvalue weighted by Crippen LogP contribution is -2.53. The van der Waals surface area contributed by atoms with Crippen molar-refractivity contribution in [3.8, 4) is 0 Å². The third-order valence-corrected chi connectivity index (χ3v) is 3.80. The fourth-order valence-electron chi connectivity index (χ4n) is 2.45. The number of hydrogen-bond acceptors (Lipinski definition) is 2. The van der Waals surface area contributed by atoms with Gasteiger partial charge in [0.1, 0.15) is 0 Å². The summed E-state index contributed by atoms with van der Waals surface area (Å²) < 4.78 is 0. The Morgan fingerprint density at radius 3 is 2.33 bits per heavy atom. The predicted molar refractivity (Wildman–Crippen MR) is 81.7 cm³/mol. The SMILES string of the molecule is CC(C)N(Cc1ccccc1)C(=O)N1CCN(C=O)CC1. The van der Waals surface area contributed by atoms with Gasteiger partial charge in [0.15, 0.2) is 0 Å². The van der Waals surface area contributed by atoms with E-state index < -0.39 is 0 Å². The highest BCUT2D eigenvalue weighted by Gasteiger charge is 2.26. The molecule has 2 rings (SSSR count). The van der Waals surface area contributed by atoms with E-state index in [0.29, 0.717) is 32.7 Å². The predicted octanol–water partition coefficient (Wildman–Crippen LogP) is 1.79. The highest BCUT2D eigenvalue weighted by atomic mass is 16.2. The summed E-state index contributed by atoms with van der Waals surface area (Å²) in [7, 11) is 0. The third kappa shape index (κ3) is 3.97. The van der Waals surface area contributed by atoms with Gasteiger partial charge in [0, 0.05) is 38.8 Å². The normalized spacial score (nSPS) is 15.2. The Morgan fingerprint density at radius 1 is 1.19 bits per heavy atom. The van der Waals surface area contributed by atoms with Crippen molar-refractivity contribution in [3.63, 3.8) is 0 Å². The van der Waals surface area contributed by atoms with Crippen molar-refractivity contribution in [1.29, 1.82) is 0 Å². The van der Waals surface area contributed by atoms with Gasteiger partial charge in [-0.05, 0) is 19.4 Å². The summed E-state index contributed by atoms with van der Waals surface area (Å²) in [6.07, 6.45) is 0.853. The van der Waals surface area contributed by atoms with Gasteiger partial charge in [0.25, 0.3) is 0 Å². The topological polar surface area (TPSA) is 43.9 Å². The van der Waals surface area contributed by atoms with Crippen molar-refractivity contribution < 1.29 is 9.59 Å². The molecule has 114 valence electrons. The Labute approximate surface area is 126 Å². The average molecular weight is 289 g/mol. The largest absolute Gasteiger partial charge is 0.342 e. The number of piperazine rings is 1. The zero-order valence-corrected chi connectivity index (χ0v) is 12.7. The number of benzene rings is 1. The fourth-order valence-corrected chi connectivity index (χ4v) is 2.45. The molecule has 1 saturated heterocycles. The van der Waals surface area contributed by atoms with E-state index in [9.17, 15) is 9.59 Å². The Bertz CT molecular complexity index is 468. The maximum absolute atomic E-state index is 12.7. The number of rotatable bonds is 4. The van der Waals surface area contributed by atoms with E-state index in [4.69, 9.17) is 0 Å². The lowest BCUT2D eigenvalue weighted by atomic mass is 10.2. The molecule has 0 spiro atoms. The van der Waals surface area contributed by atoms with E-state index in [1.165, 1.54) is 0 Å². The first-order valence-electron chi connectivity index (χ1n) is 7.40. The molecule has 21 heavy (non-hydrogen) atoms. The molecule has 0 radical (unpaired) electrons. The molecule has 5 heteroatoms. The maximum Gasteiger partial charge on any atom is 0.320 e. The summed E-state index contributed by atoms with van der Waals surface area (Å²) in [6, 6.07) is 10.2. The molecular formula is C16H23N3O2. The second kappa shape index (κ2) is 7.11. The van der Waals surface area contributed by atoms with Gasteiger partial charge in [0.05, 0.1) is 0 Å². The molecule has 1 aromatic rings. The Morgan fingerprint density at radius 2 is 1.81 bits per heavy atom. The van der Waals surface area contributed by atoms with E-state index in [0.717, 1.165) is 12.0 Å². The summed E-state index contributed by atoms with van der Waals surface area (Å²) >= 11 is 0. The zero-order valence-electron chi connectivity index (χ0n) is 12.7. The smallest absolute Gasteiger partial charge is 0.320 e. The number of nitrogens with zero attached hydrogens (tertiary/aromatic N) is 3. The molecule has 1 heterocycles. The van der Waals surface area contributed by atoms with Gasteiger partial charge in [-0.1, -0.05) is 30.3 Å². The highest BCUT2D eigenvalue weighted by Crippen LogP contribution is 2.13. The van der Waals surface area contributed by atoms with Gasteiger partial charge in [-0.3, -0.25) is 4.79 Å². The Hall–Kier alpha value is -2.04. The standard InChI is InChI=1S/C16H23N3O2/c1-14(2)19(12-15-6-4-3-5-7-15)16(21)18-10-8-17(13-20)9-11-18/h3-7,13-14H,8-12H2,1-2H3. The number of carbonyl (C=O) groups is 2. The molecule has 0 unspecified atom stereocenters. The van der Waals surface area contributed by atoms with Crippen LogP contribution in [0.2, 0.25) is 0 Å². The van der Waals surface area contributed by atoms with Gasteiger partial charge in [-0.2, -0.15) is 0 Å². The van der Waals surface area contributed by atoms with Crippen LogP contribution < -0.4 is 0 Å². The monoisotopic (exact) mass is 289 g/mol. The quantitative estimate of drug-likeness (QED) is 0.793. The highest BCUT2D eigenvalue weighted by molar-refractivity contribution is 5.75. The minimum atomic E-state index is 0.0550. The molecule has 0 N–H and O–H groups in total. The molecule has 3 amide bonds. The van der Waals surface area contributed by atoms with Crippen molar-refractivity contribution in [2.24, 2.45) is 0 Å². The van der Waals surface area contributed by atoms with Crippen molar-refractivity contribution >= 4 is 12.4 Å². The van der Waals surface area contributed by atoms with Crippen LogP contribution in [0.15, 0.2) is 30.3 Å². The molecule has 0 saturated carbocycles. The second-order valence-electron chi connectivity index (χ2n) is 5.62. The van der Waals surface area contributed by atoms with Gasteiger partial charge < -0.3 is 14.7 Å². The lowest BCUT2D eigenvalue weighted by molar-refractivity contribution is -0.119. The minimum Gasteiger partial charge on any atom is -0.342 e. The Kier molecular flexibility index (Phi) is 5.20. The van der Waals surface area contributed by atoms with Gasteiger partial charge in [-0.25, -0.2) is 4.79 Å². The number of urea groups is 1. The first kappa shape index (κ1) is 15.4. The maximum atomic E-state index is 12.7. The molecule has 1 aromatic carbocycles. The van der Waals surface area contributed by atoms with Crippen LogP contribution in [0.5, 0.6) is 0 Å². The zero-order chi connectivity index (χ0) is 15.2. The summed E-state index contributed by atoms with van der Waals surface area (Å²) in [6.45, 7) is 7.13. The number of hydrogen-bond donors (Lipinski definition) is 0. The molecule has 0 aliphatic carbocycles.